The van der Waals surface area contributed by atoms with Crippen molar-refractivity contribution in [2.24, 2.45) is 5.92 Å². The highest BCUT2D eigenvalue weighted by Crippen LogP contribution is 2.23. The van der Waals surface area contributed by atoms with E-state index >= 15 is 0 Å². The molecule has 0 aromatic heterocycles. The van der Waals surface area contributed by atoms with Crippen molar-refractivity contribution in [2.45, 2.75) is 43.5 Å². The van der Waals surface area contributed by atoms with Gasteiger partial charge in [0.25, 0.3) is 0 Å². The van der Waals surface area contributed by atoms with Crippen LogP contribution in [0.3, 0.4) is 0 Å². The zero-order valence-electron chi connectivity index (χ0n) is 15.1. The molecule has 0 bridgehead atoms. The standard InChI is InChI=1S/C18H25NO6S/c1-13-9-10-19(16(12-13)18(21)22)17(20)4-3-11-25-14-5-7-15(8-6-14)26(2,23)24/h5-8,13,16H,3-4,9-12H2,1-2H3,(H,21,22). The number of carbonyl (C=O) groups is 2. The summed E-state index contributed by atoms with van der Waals surface area (Å²) >= 11 is 0. The zero-order chi connectivity index (χ0) is 19.3. The van der Waals surface area contributed by atoms with Crippen molar-refractivity contribution < 1.29 is 27.9 Å². The average molecular weight is 383 g/mol. The first-order valence-corrected chi connectivity index (χ1v) is 10.5. The highest BCUT2D eigenvalue weighted by molar-refractivity contribution is 7.90. The maximum Gasteiger partial charge on any atom is 0.326 e. The predicted octanol–water partition coefficient (Wildman–Crippen LogP) is 1.96. The number of rotatable bonds is 7. The predicted molar refractivity (Wildman–Crippen MR) is 95.8 cm³/mol. The summed E-state index contributed by atoms with van der Waals surface area (Å²) in [7, 11) is -3.24. The lowest BCUT2D eigenvalue weighted by Crippen LogP contribution is -2.49. The van der Waals surface area contributed by atoms with Crippen molar-refractivity contribution in [3.05, 3.63) is 24.3 Å². The number of carboxylic acids is 1. The molecule has 7 nitrogen and oxygen atoms in total. The van der Waals surface area contributed by atoms with Crippen LogP contribution in [0.5, 0.6) is 5.75 Å². The molecule has 1 heterocycles. The van der Waals surface area contributed by atoms with E-state index in [1.54, 1.807) is 12.1 Å². The SMILES string of the molecule is CC1CCN(C(=O)CCCOc2ccc(S(C)(=O)=O)cc2)C(C(=O)O)C1. The number of carbonyl (C=O) groups excluding carboxylic acids is 1. The number of sulfone groups is 1. The minimum Gasteiger partial charge on any atom is -0.494 e. The van der Waals surface area contributed by atoms with Gasteiger partial charge in [-0.25, -0.2) is 13.2 Å². The summed E-state index contributed by atoms with van der Waals surface area (Å²) in [5.41, 5.74) is 0. The third-order valence-corrected chi connectivity index (χ3v) is 5.65. The molecule has 26 heavy (non-hydrogen) atoms. The Kier molecular flexibility index (Phi) is 6.63. The maximum atomic E-state index is 12.3. The van der Waals surface area contributed by atoms with Gasteiger partial charge in [0.15, 0.2) is 9.84 Å². The van der Waals surface area contributed by atoms with E-state index in [0.29, 0.717) is 37.7 Å². The molecule has 1 amide bonds. The second kappa shape index (κ2) is 8.53. The van der Waals surface area contributed by atoms with Gasteiger partial charge in [-0.3, -0.25) is 4.79 Å². The molecule has 2 rings (SSSR count). The quantitative estimate of drug-likeness (QED) is 0.723. The number of benzene rings is 1. The lowest BCUT2D eigenvalue weighted by molar-refractivity contribution is -0.153. The molecular formula is C18H25NO6S. The summed E-state index contributed by atoms with van der Waals surface area (Å²) < 4.78 is 28.3. The van der Waals surface area contributed by atoms with Crippen molar-refractivity contribution >= 4 is 21.7 Å². The number of nitrogens with zero attached hydrogens (tertiary/aromatic N) is 1. The van der Waals surface area contributed by atoms with E-state index < -0.39 is 21.8 Å². The molecule has 0 radical (unpaired) electrons. The van der Waals surface area contributed by atoms with Crippen LogP contribution in [0.15, 0.2) is 29.2 Å². The lowest BCUT2D eigenvalue weighted by atomic mass is 9.92. The molecule has 2 atom stereocenters. The van der Waals surface area contributed by atoms with Gasteiger partial charge >= 0.3 is 5.97 Å². The number of amides is 1. The Bertz CT molecular complexity index is 743. The Morgan fingerprint density at radius 3 is 2.50 bits per heavy atom. The monoisotopic (exact) mass is 383 g/mol. The number of aliphatic carboxylic acids is 1. The van der Waals surface area contributed by atoms with Crippen LogP contribution < -0.4 is 4.74 Å². The Morgan fingerprint density at radius 2 is 1.92 bits per heavy atom. The third kappa shape index (κ3) is 5.45. The van der Waals surface area contributed by atoms with E-state index in [9.17, 15) is 23.1 Å². The first kappa shape index (κ1) is 20.2. The topological polar surface area (TPSA) is 101 Å². The Hall–Kier alpha value is -2.09. The molecule has 1 fully saturated rings. The van der Waals surface area contributed by atoms with Gasteiger partial charge in [0.2, 0.25) is 5.91 Å². The Balaban J connectivity index is 1.80. The molecule has 1 saturated heterocycles. The zero-order valence-corrected chi connectivity index (χ0v) is 15.9. The van der Waals surface area contributed by atoms with Crippen molar-refractivity contribution in [3.8, 4) is 5.75 Å². The van der Waals surface area contributed by atoms with Crippen LogP contribution in [-0.2, 0) is 19.4 Å². The number of hydrogen-bond acceptors (Lipinski definition) is 5. The third-order valence-electron chi connectivity index (χ3n) is 4.53. The van der Waals surface area contributed by atoms with E-state index in [1.165, 1.54) is 17.0 Å². The van der Waals surface area contributed by atoms with Gasteiger partial charge in [-0.15, -0.1) is 0 Å². The van der Waals surface area contributed by atoms with Gasteiger partial charge in [-0.2, -0.15) is 0 Å². The Morgan fingerprint density at radius 1 is 1.27 bits per heavy atom. The number of piperidine rings is 1. The summed E-state index contributed by atoms with van der Waals surface area (Å²) in [6, 6.07) is 5.36. The largest absolute Gasteiger partial charge is 0.494 e. The maximum absolute atomic E-state index is 12.3. The number of likely N-dealkylation sites (tertiary alicyclic amines) is 1. The van der Waals surface area contributed by atoms with Crippen molar-refractivity contribution in [1.82, 2.24) is 4.90 Å². The van der Waals surface area contributed by atoms with Crippen LogP contribution in [0, 0.1) is 5.92 Å². The van der Waals surface area contributed by atoms with E-state index in [-0.39, 0.29) is 17.2 Å². The van der Waals surface area contributed by atoms with Crippen LogP contribution in [0.25, 0.3) is 0 Å². The number of carboxylic acid groups (broad SMARTS) is 1. The van der Waals surface area contributed by atoms with Crippen molar-refractivity contribution in [3.63, 3.8) is 0 Å². The van der Waals surface area contributed by atoms with Gasteiger partial charge in [0.1, 0.15) is 11.8 Å². The highest BCUT2D eigenvalue weighted by Gasteiger charge is 2.34. The highest BCUT2D eigenvalue weighted by atomic mass is 32.2. The lowest BCUT2D eigenvalue weighted by Gasteiger charge is -2.36. The van der Waals surface area contributed by atoms with Crippen LogP contribution in [0.4, 0.5) is 0 Å². The molecule has 144 valence electrons. The normalized spacial score (nSPS) is 20.6. The summed E-state index contributed by atoms with van der Waals surface area (Å²) in [5, 5.41) is 9.31. The summed E-state index contributed by atoms with van der Waals surface area (Å²) in [6.45, 7) is 2.78. The average Bonchev–Trinajstić information content (AvgIpc) is 2.58. The van der Waals surface area contributed by atoms with Gasteiger partial charge in [-0.05, 0) is 49.4 Å². The van der Waals surface area contributed by atoms with Gasteiger partial charge < -0.3 is 14.7 Å². The fraction of sp³-hybridized carbons (Fsp3) is 0.556. The molecule has 1 aliphatic heterocycles. The summed E-state index contributed by atoms with van der Waals surface area (Å²) in [4.78, 5) is 25.4. The summed E-state index contributed by atoms with van der Waals surface area (Å²) in [6.07, 6.45) is 3.13. The van der Waals surface area contributed by atoms with E-state index in [0.717, 1.165) is 12.7 Å². The molecule has 0 saturated carbocycles. The smallest absolute Gasteiger partial charge is 0.326 e. The van der Waals surface area contributed by atoms with Crippen LogP contribution in [-0.4, -0.2) is 55.7 Å². The van der Waals surface area contributed by atoms with Gasteiger partial charge in [0.05, 0.1) is 11.5 Å². The molecule has 0 aliphatic carbocycles. The van der Waals surface area contributed by atoms with E-state index in [2.05, 4.69) is 0 Å². The van der Waals surface area contributed by atoms with E-state index in [1.807, 2.05) is 6.92 Å². The van der Waals surface area contributed by atoms with Crippen LogP contribution >= 0.6 is 0 Å². The van der Waals surface area contributed by atoms with Crippen molar-refractivity contribution in [1.29, 1.82) is 0 Å². The van der Waals surface area contributed by atoms with Crippen LogP contribution in [0.2, 0.25) is 0 Å². The molecule has 2 unspecified atom stereocenters. The second-order valence-corrected chi connectivity index (χ2v) is 8.78. The first-order valence-electron chi connectivity index (χ1n) is 8.63. The fourth-order valence-electron chi connectivity index (χ4n) is 3.01. The minimum absolute atomic E-state index is 0.166. The van der Waals surface area contributed by atoms with E-state index in [4.69, 9.17) is 4.74 Å². The Labute approximate surface area is 153 Å². The molecule has 1 N–H and O–H groups in total. The van der Waals surface area contributed by atoms with Crippen molar-refractivity contribution in [2.75, 3.05) is 19.4 Å². The summed E-state index contributed by atoms with van der Waals surface area (Å²) in [5.74, 6) is -0.286. The molecule has 1 aromatic rings. The number of hydrogen-bond donors (Lipinski definition) is 1. The second-order valence-electron chi connectivity index (χ2n) is 6.77. The molecular weight excluding hydrogens is 358 g/mol. The minimum atomic E-state index is -3.24. The molecule has 8 heteroatoms. The fourth-order valence-corrected chi connectivity index (χ4v) is 3.64. The van der Waals surface area contributed by atoms with Crippen LogP contribution in [0.1, 0.15) is 32.6 Å². The molecule has 1 aromatic carbocycles. The molecule has 1 aliphatic rings. The molecule has 0 spiro atoms. The van der Waals surface area contributed by atoms with Gasteiger partial charge in [-0.1, -0.05) is 6.92 Å². The first-order chi connectivity index (χ1) is 12.2. The number of ether oxygens (including phenoxy) is 1. The van der Waals surface area contributed by atoms with Gasteiger partial charge in [0, 0.05) is 19.2 Å².